The maximum absolute atomic E-state index is 12.6. The molecule has 0 spiro atoms. The van der Waals surface area contributed by atoms with E-state index in [1.54, 1.807) is 36.7 Å². The molecule has 4 heteroatoms. The van der Waals surface area contributed by atoms with Crippen LogP contribution in [-0.4, -0.2) is 29.8 Å². The summed E-state index contributed by atoms with van der Waals surface area (Å²) in [5.74, 6) is -0.0402. The lowest BCUT2D eigenvalue weighted by Crippen LogP contribution is -2.09. The molecule has 1 heterocycles. The highest BCUT2D eigenvalue weighted by atomic mass is 35.5. The van der Waals surface area contributed by atoms with Crippen LogP contribution in [-0.2, 0) is 0 Å². The van der Waals surface area contributed by atoms with E-state index >= 15 is 0 Å². The summed E-state index contributed by atoms with van der Waals surface area (Å²) in [4.78, 5) is 18.5. The SMILES string of the molecule is CN(C)/C=C(\C(=O)c1ccc(Cl)cc1)c1ccncc1. The number of aromatic nitrogens is 1. The molecule has 0 aliphatic rings. The summed E-state index contributed by atoms with van der Waals surface area (Å²) in [5.41, 5.74) is 2.08. The Morgan fingerprint density at radius 3 is 2.20 bits per heavy atom. The van der Waals surface area contributed by atoms with Crippen molar-refractivity contribution in [1.29, 1.82) is 0 Å². The lowest BCUT2D eigenvalue weighted by molar-refractivity contribution is 0.105. The number of hydrogen-bond donors (Lipinski definition) is 0. The zero-order chi connectivity index (χ0) is 14.5. The van der Waals surface area contributed by atoms with Crippen LogP contribution in [0.4, 0.5) is 0 Å². The van der Waals surface area contributed by atoms with Gasteiger partial charge in [0, 0.05) is 48.8 Å². The van der Waals surface area contributed by atoms with E-state index in [-0.39, 0.29) is 5.78 Å². The van der Waals surface area contributed by atoms with Gasteiger partial charge in [0.15, 0.2) is 5.78 Å². The maximum Gasteiger partial charge on any atom is 0.195 e. The quantitative estimate of drug-likeness (QED) is 0.637. The van der Waals surface area contributed by atoms with Crippen molar-refractivity contribution in [3.8, 4) is 0 Å². The number of carbonyl (C=O) groups excluding carboxylic acids is 1. The summed E-state index contributed by atoms with van der Waals surface area (Å²) in [6.07, 6.45) is 5.16. The Labute approximate surface area is 123 Å². The van der Waals surface area contributed by atoms with Crippen molar-refractivity contribution in [2.24, 2.45) is 0 Å². The smallest absolute Gasteiger partial charge is 0.195 e. The number of allylic oxidation sites excluding steroid dienone is 1. The normalized spacial score (nSPS) is 11.2. The van der Waals surface area contributed by atoms with Gasteiger partial charge in [0.05, 0.1) is 0 Å². The molecule has 2 aromatic rings. The third-order valence-corrected chi connectivity index (χ3v) is 2.98. The van der Waals surface area contributed by atoms with E-state index in [9.17, 15) is 4.79 Å². The second-order valence-corrected chi connectivity index (χ2v) is 5.01. The Hall–Kier alpha value is -2.13. The Bertz CT molecular complexity index is 619. The average molecular weight is 287 g/mol. The van der Waals surface area contributed by atoms with E-state index in [2.05, 4.69) is 4.98 Å². The summed E-state index contributed by atoms with van der Waals surface area (Å²) in [6.45, 7) is 0. The van der Waals surface area contributed by atoms with Crippen molar-refractivity contribution < 1.29 is 4.79 Å². The number of Topliss-reactive ketones (excluding diaryl/α,β-unsaturated/α-hetero) is 1. The first kappa shape index (κ1) is 14.3. The van der Waals surface area contributed by atoms with Gasteiger partial charge in [0.1, 0.15) is 0 Å². The van der Waals surface area contributed by atoms with Crippen LogP contribution in [0, 0.1) is 0 Å². The van der Waals surface area contributed by atoms with E-state index in [0.29, 0.717) is 16.2 Å². The molecule has 0 radical (unpaired) electrons. The fourth-order valence-corrected chi connectivity index (χ4v) is 1.94. The first-order valence-electron chi connectivity index (χ1n) is 6.17. The van der Waals surface area contributed by atoms with Crippen LogP contribution in [0.5, 0.6) is 0 Å². The second-order valence-electron chi connectivity index (χ2n) is 4.58. The first-order chi connectivity index (χ1) is 9.58. The van der Waals surface area contributed by atoms with Gasteiger partial charge in [-0.3, -0.25) is 9.78 Å². The number of benzene rings is 1. The van der Waals surface area contributed by atoms with Crippen molar-refractivity contribution in [2.75, 3.05) is 14.1 Å². The number of pyridine rings is 1. The molecule has 1 aromatic heterocycles. The molecule has 0 fully saturated rings. The van der Waals surface area contributed by atoms with Crippen LogP contribution in [0.3, 0.4) is 0 Å². The largest absolute Gasteiger partial charge is 0.383 e. The fourth-order valence-electron chi connectivity index (χ4n) is 1.81. The molecule has 0 bridgehead atoms. The topological polar surface area (TPSA) is 33.2 Å². The third-order valence-electron chi connectivity index (χ3n) is 2.73. The highest BCUT2D eigenvalue weighted by molar-refractivity contribution is 6.31. The Balaban J connectivity index is 2.42. The van der Waals surface area contributed by atoms with Crippen molar-refractivity contribution in [3.05, 3.63) is 71.1 Å². The number of carbonyl (C=O) groups is 1. The summed E-state index contributed by atoms with van der Waals surface area (Å²) in [7, 11) is 3.77. The first-order valence-corrected chi connectivity index (χ1v) is 6.54. The number of ketones is 1. The Morgan fingerprint density at radius 2 is 1.65 bits per heavy atom. The van der Waals surface area contributed by atoms with E-state index in [4.69, 9.17) is 11.6 Å². The average Bonchev–Trinajstić information content (AvgIpc) is 2.45. The van der Waals surface area contributed by atoms with E-state index in [0.717, 1.165) is 5.56 Å². The molecular weight excluding hydrogens is 272 g/mol. The predicted octanol–water partition coefficient (Wildman–Crippen LogP) is 3.52. The predicted molar refractivity (Wildman–Crippen MR) is 81.7 cm³/mol. The summed E-state index contributed by atoms with van der Waals surface area (Å²) in [6, 6.07) is 10.5. The van der Waals surface area contributed by atoms with Gasteiger partial charge in [-0.1, -0.05) is 11.6 Å². The Kier molecular flexibility index (Phi) is 4.53. The van der Waals surface area contributed by atoms with Crippen LogP contribution in [0.25, 0.3) is 5.57 Å². The standard InChI is InChI=1S/C16H15ClN2O/c1-19(2)11-15(12-7-9-18-10-8-12)16(20)13-3-5-14(17)6-4-13/h3-11H,1-2H3/b15-11-. The van der Waals surface area contributed by atoms with Crippen LogP contribution in [0.2, 0.25) is 5.02 Å². The van der Waals surface area contributed by atoms with Crippen molar-refractivity contribution >= 4 is 23.0 Å². The third kappa shape index (κ3) is 3.45. The Morgan fingerprint density at radius 1 is 1.05 bits per heavy atom. The van der Waals surface area contributed by atoms with E-state index in [1.807, 2.05) is 37.3 Å². The van der Waals surface area contributed by atoms with Gasteiger partial charge >= 0.3 is 0 Å². The highest BCUT2D eigenvalue weighted by Gasteiger charge is 2.14. The molecular formula is C16H15ClN2O. The molecule has 1 aromatic carbocycles. The minimum atomic E-state index is -0.0402. The molecule has 0 amide bonds. The number of hydrogen-bond acceptors (Lipinski definition) is 3. The molecule has 20 heavy (non-hydrogen) atoms. The molecule has 2 rings (SSSR count). The molecule has 0 aliphatic carbocycles. The maximum atomic E-state index is 12.6. The van der Waals surface area contributed by atoms with Gasteiger partial charge in [-0.15, -0.1) is 0 Å². The lowest BCUT2D eigenvalue weighted by atomic mass is 9.98. The molecule has 0 N–H and O–H groups in total. The van der Waals surface area contributed by atoms with Crippen LogP contribution in [0.15, 0.2) is 55.0 Å². The molecule has 0 saturated heterocycles. The second kappa shape index (κ2) is 6.35. The van der Waals surface area contributed by atoms with Gasteiger partial charge in [0.25, 0.3) is 0 Å². The van der Waals surface area contributed by atoms with Gasteiger partial charge in [-0.05, 0) is 42.0 Å². The molecule has 0 saturated carbocycles. The van der Waals surface area contributed by atoms with Gasteiger partial charge < -0.3 is 4.90 Å². The van der Waals surface area contributed by atoms with Gasteiger partial charge in [0.2, 0.25) is 0 Å². The monoisotopic (exact) mass is 286 g/mol. The number of nitrogens with zero attached hydrogens (tertiary/aromatic N) is 2. The minimum absolute atomic E-state index is 0.0402. The van der Waals surface area contributed by atoms with Crippen molar-refractivity contribution in [1.82, 2.24) is 9.88 Å². The van der Waals surface area contributed by atoms with E-state index in [1.165, 1.54) is 0 Å². The molecule has 102 valence electrons. The summed E-state index contributed by atoms with van der Waals surface area (Å²) >= 11 is 5.85. The van der Waals surface area contributed by atoms with Crippen molar-refractivity contribution in [3.63, 3.8) is 0 Å². The minimum Gasteiger partial charge on any atom is -0.383 e. The van der Waals surface area contributed by atoms with Gasteiger partial charge in [-0.2, -0.15) is 0 Å². The lowest BCUT2D eigenvalue weighted by Gasteiger charge is -2.11. The molecule has 0 atom stereocenters. The zero-order valence-corrected chi connectivity index (χ0v) is 12.1. The summed E-state index contributed by atoms with van der Waals surface area (Å²) < 4.78 is 0. The van der Waals surface area contributed by atoms with Crippen LogP contribution >= 0.6 is 11.6 Å². The van der Waals surface area contributed by atoms with Crippen LogP contribution in [0.1, 0.15) is 15.9 Å². The molecule has 0 aliphatic heterocycles. The summed E-state index contributed by atoms with van der Waals surface area (Å²) in [5, 5.41) is 0.614. The number of halogens is 1. The molecule has 3 nitrogen and oxygen atoms in total. The number of rotatable bonds is 4. The van der Waals surface area contributed by atoms with Crippen LogP contribution < -0.4 is 0 Å². The van der Waals surface area contributed by atoms with E-state index < -0.39 is 0 Å². The van der Waals surface area contributed by atoms with Gasteiger partial charge in [-0.25, -0.2) is 0 Å². The fraction of sp³-hybridized carbons (Fsp3) is 0.125. The molecule has 0 unspecified atom stereocenters. The van der Waals surface area contributed by atoms with Crippen molar-refractivity contribution in [2.45, 2.75) is 0 Å². The highest BCUT2D eigenvalue weighted by Crippen LogP contribution is 2.21. The zero-order valence-electron chi connectivity index (χ0n) is 11.4.